The van der Waals surface area contributed by atoms with Crippen molar-refractivity contribution in [2.75, 3.05) is 0 Å². The fraction of sp³-hybridized carbons (Fsp3) is 0.0909. The van der Waals surface area contributed by atoms with Crippen molar-refractivity contribution in [3.63, 3.8) is 0 Å². The van der Waals surface area contributed by atoms with E-state index >= 15 is 0 Å². The zero-order valence-corrected chi connectivity index (χ0v) is 7.36. The van der Waals surface area contributed by atoms with Gasteiger partial charge >= 0.3 is 0 Å². The first-order valence-corrected chi connectivity index (χ1v) is 4.13. The van der Waals surface area contributed by atoms with Gasteiger partial charge in [0.15, 0.2) is 0 Å². The molecule has 1 heterocycles. The van der Waals surface area contributed by atoms with Crippen LogP contribution in [0.3, 0.4) is 0 Å². The molecule has 0 unspecified atom stereocenters. The molecule has 1 aromatic carbocycles. The zero-order chi connectivity index (χ0) is 9.10. The molecule has 1 radical (unpaired) electrons. The minimum atomic E-state index is 0.902. The third kappa shape index (κ3) is 1.72. The minimum Gasteiger partial charge on any atom is -0.155 e. The Morgan fingerprint density at radius 1 is 1.00 bits per heavy atom. The first-order valence-electron chi connectivity index (χ1n) is 4.13. The lowest BCUT2D eigenvalue weighted by atomic mass is 10.1. The van der Waals surface area contributed by atoms with Crippen molar-refractivity contribution in [1.82, 2.24) is 10.2 Å². The summed E-state index contributed by atoms with van der Waals surface area (Å²) in [5.41, 5.74) is 2.91. The monoisotopic (exact) mass is 169 g/mol. The quantitative estimate of drug-likeness (QED) is 0.654. The summed E-state index contributed by atoms with van der Waals surface area (Å²) >= 11 is 0. The third-order valence-electron chi connectivity index (χ3n) is 1.81. The summed E-state index contributed by atoms with van der Waals surface area (Å²) in [6.07, 6.45) is 0. The number of nitrogens with zero attached hydrogens (tertiary/aromatic N) is 2. The van der Waals surface area contributed by atoms with E-state index in [1.165, 1.54) is 0 Å². The molecule has 2 rings (SSSR count). The molecule has 0 bridgehead atoms. The molecule has 0 amide bonds. The SMILES string of the molecule is Cc1ccc(-c2cc[c]cc2)nn1. The van der Waals surface area contributed by atoms with E-state index in [-0.39, 0.29) is 0 Å². The Hall–Kier alpha value is -1.70. The highest BCUT2D eigenvalue weighted by atomic mass is 15.1. The van der Waals surface area contributed by atoms with Gasteiger partial charge in [0.05, 0.1) is 11.4 Å². The second kappa shape index (κ2) is 3.35. The predicted octanol–water partition coefficient (Wildman–Crippen LogP) is 2.25. The topological polar surface area (TPSA) is 25.8 Å². The van der Waals surface area contributed by atoms with Gasteiger partial charge in [0.2, 0.25) is 0 Å². The van der Waals surface area contributed by atoms with Crippen LogP contribution in [0, 0.1) is 13.0 Å². The molecule has 13 heavy (non-hydrogen) atoms. The molecular formula is C11H9N2. The molecule has 1 aromatic heterocycles. The molecule has 0 aliphatic heterocycles. The second-order valence-corrected chi connectivity index (χ2v) is 2.85. The molecule has 0 aliphatic rings. The number of aryl methyl sites for hydroxylation is 1. The Labute approximate surface area is 77.3 Å². The maximum absolute atomic E-state index is 4.08. The fourth-order valence-electron chi connectivity index (χ4n) is 1.11. The number of rotatable bonds is 1. The number of hydrogen-bond acceptors (Lipinski definition) is 2. The number of aromatic nitrogens is 2. The van der Waals surface area contributed by atoms with Crippen molar-refractivity contribution >= 4 is 0 Å². The molecule has 0 saturated carbocycles. The normalized spacial score (nSPS) is 9.92. The molecule has 0 saturated heterocycles. The van der Waals surface area contributed by atoms with Crippen molar-refractivity contribution in [3.05, 3.63) is 48.2 Å². The summed E-state index contributed by atoms with van der Waals surface area (Å²) in [4.78, 5) is 0. The van der Waals surface area contributed by atoms with Crippen molar-refractivity contribution in [2.45, 2.75) is 6.92 Å². The van der Waals surface area contributed by atoms with Gasteiger partial charge in [0.1, 0.15) is 0 Å². The smallest absolute Gasteiger partial charge is 0.0929 e. The molecule has 0 N–H and O–H groups in total. The van der Waals surface area contributed by atoms with E-state index in [4.69, 9.17) is 0 Å². The van der Waals surface area contributed by atoms with Crippen molar-refractivity contribution in [1.29, 1.82) is 0 Å². The van der Waals surface area contributed by atoms with Gasteiger partial charge in [0, 0.05) is 5.56 Å². The van der Waals surface area contributed by atoms with Crippen LogP contribution in [-0.4, -0.2) is 10.2 Å². The highest BCUT2D eigenvalue weighted by Crippen LogP contribution is 2.14. The van der Waals surface area contributed by atoms with Crippen LogP contribution < -0.4 is 0 Å². The Morgan fingerprint density at radius 3 is 2.38 bits per heavy atom. The number of benzene rings is 1. The van der Waals surface area contributed by atoms with Gasteiger partial charge in [-0.3, -0.25) is 0 Å². The summed E-state index contributed by atoms with van der Waals surface area (Å²) < 4.78 is 0. The lowest BCUT2D eigenvalue weighted by Gasteiger charge is -1.98. The van der Waals surface area contributed by atoms with Crippen molar-refractivity contribution in [2.24, 2.45) is 0 Å². The first-order chi connectivity index (χ1) is 6.36. The lowest BCUT2D eigenvalue weighted by Crippen LogP contribution is -1.88. The molecule has 63 valence electrons. The van der Waals surface area contributed by atoms with E-state index in [1.807, 2.05) is 43.3 Å². The Balaban J connectivity index is 2.42. The molecule has 0 aliphatic carbocycles. The Morgan fingerprint density at radius 2 is 1.77 bits per heavy atom. The van der Waals surface area contributed by atoms with Crippen molar-refractivity contribution < 1.29 is 0 Å². The maximum Gasteiger partial charge on any atom is 0.0929 e. The average Bonchev–Trinajstić information content (AvgIpc) is 2.20. The maximum atomic E-state index is 4.08. The van der Waals surface area contributed by atoms with E-state index in [2.05, 4.69) is 16.3 Å². The van der Waals surface area contributed by atoms with Crippen LogP contribution in [0.25, 0.3) is 11.3 Å². The second-order valence-electron chi connectivity index (χ2n) is 2.85. The minimum absolute atomic E-state index is 0.902. The van der Waals surface area contributed by atoms with Crippen LogP contribution in [0.2, 0.25) is 0 Å². The van der Waals surface area contributed by atoms with Crippen LogP contribution in [0.1, 0.15) is 5.69 Å². The van der Waals surface area contributed by atoms with Crippen LogP contribution in [0.4, 0.5) is 0 Å². The highest BCUT2D eigenvalue weighted by molar-refractivity contribution is 5.57. The molecule has 0 spiro atoms. The third-order valence-corrected chi connectivity index (χ3v) is 1.81. The summed E-state index contributed by atoms with van der Waals surface area (Å²) in [5, 5.41) is 8.08. The molecular weight excluding hydrogens is 160 g/mol. The largest absolute Gasteiger partial charge is 0.155 e. The molecule has 2 aromatic rings. The van der Waals surface area contributed by atoms with E-state index in [0.29, 0.717) is 0 Å². The van der Waals surface area contributed by atoms with Gasteiger partial charge < -0.3 is 0 Å². The van der Waals surface area contributed by atoms with Gasteiger partial charge in [-0.1, -0.05) is 24.3 Å². The van der Waals surface area contributed by atoms with E-state index < -0.39 is 0 Å². The molecule has 0 fully saturated rings. The average molecular weight is 169 g/mol. The standard InChI is InChI=1S/C11H9N2/c1-9-7-8-11(13-12-9)10-5-3-2-4-6-10/h3-8H,1H3. The zero-order valence-electron chi connectivity index (χ0n) is 7.36. The lowest BCUT2D eigenvalue weighted by molar-refractivity contribution is 0.987. The highest BCUT2D eigenvalue weighted by Gasteiger charge is 1.96. The van der Waals surface area contributed by atoms with Crippen LogP contribution >= 0.6 is 0 Å². The van der Waals surface area contributed by atoms with E-state index in [0.717, 1.165) is 17.0 Å². The van der Waals surface area contributed by atoms with Gasteiger partial charge in [-0.25, -0.2) is 0 Å². The van der Waals surface area contributed by atoms with Gasteiger partial charge in [-0.05, 0) is 25.1 Å². The summed E-state index contributed by atoms with van der Waals surface area (Å²) in [6, 6.07) is 14.6. The predicted molar refractivity (Wildman–Crippen MR) is 51.0 cm³/mol. The van der Waals surface area contributed by atoms with Gasteiger partial charge in [-0.15, -0.1) is 0 Å². The fourth-order valence-corrected chi connectivity index (χ4v) is 1.11. The Kier molecular flexibility index (Phi) is 2.04. The van der Waals surface area contributed by atoms with Gasteiger partial charge in [-0.2, -0.15) is 10.2 Å². The van der Waals surface area contributed by atoms with Gasteiger partial charge in [0.25, 0.3) is 0 Å². The van der Waals surface area contributed by atoms with Crippen LogP contribution in [0.5, 0.6) is 0 Å². The Bertz CT molecular complexity index is 379. The molecule has 2 nitrogen and oxygen atoms in total. The summed E-state index contributed by atoms with van der Waals surface area (Å²) in [6.45, 7) is 1.93. The first kappa shape index (κ1) is 7.92. The van der Waals surface area contributed by atoms with E-state index in [9.17, 15) is 0 Å². The van der Waals surface area contributed by atoms with E-state index in [1.54, 1.807) is 0 Å². The van der Waals surface area contributed by atoms with Crippen LogP contribution in [-0.2, 0) is 0 Å². The summed E-state index contributed by atoms with van der Waals surface area (Å²) in [5.74, 6) is 0. The number of hydrogen-bond donors (Lipinski definition) is 0. The van der Waals surface area contributed by atoms with Crippen LogP contribution in [0.15, 0.2) is 36.4 Å². The van der Waals surface area contributed by atoms with Crippen molar-refractivity contribution in [3.8, 4) is 11.3 Å². The molecule has 0 atom stereocenters. The summed E-state index contributed by atoms with van der Waals surface area (Å²) in [7, 11) is 0. The molecule has 2 heteroatoms.